The molecule has 0 N–H and O–H groups in total. The van der Waals surface area contributed by atoms with Crippen molar-refractivity contribution in [1.82, 2.24) is 0 Å². The van der Waals surface area contributed by atoms with Gasteiger partial charge in [0.05, 0.1) is 11.5 Å². The van der Waals surface area contributed by atoms with Crippen LogP contribution in [0.4, 0.5) is 4.79 Å². The molecule has 1 aliphatic carbocycles. The van der Waals surface area contributed by atoms with Crippen LogP contribution in [0.2, 0.25) is 0 Å². The lowest BCUT2D eigenvalue weighted by atomic mass is 9.85. The maximum atomic E-state index is 11.6. The zero-order chi connectivity index (χ0) is 18.6. The molecule has 0 bridgehead atoms. The molecule has 0 aromatic heterocycles. The van der Waals surface area contributed by atoms with Crippen LogP contribution in [0, 0.1) is 10.1 Å². The molecule has 0 fully saturated rings. The molecule has 1 aliphatic rings. The third kappa shape index (κ3) is 4.52. The first-order valence-electron chi connectivity index (χ1n) is 7.88. The first-order chi connectivity index (χ1) is 11.8. The normalized spacial score (nSPS) is 15.6. The van der Waals surface area contributed by atoms with E-state index < -0.39 is 5.43 Å². The van der Waals surface area contributed by atoms with Crippen molar-refractivity contribution in [1.29, 1.82) is 0 Å². The van der Waals surface area contributed by atoms with E-state index in [9.17, 15) is 14.9 Å². The molecule has 1 aromatic carbocycles. The number of allylic oxidation sites excluding steroid dienone is 3. The molecule has 0 radical (unpaired) electrons. The Bertz CT molecular complexity index is 785. The number of carbonyl (C=O) groups excluding carboxylic acids is 1. The summed E-state index contributed by atoms with van der Waals surface area (Å²) >= 11 is 10.7. The SMILES string of the molecule is CCC1=CC([N+](=O)[O-])=C(c2ccccc2C(C)COC(=O)Cl)CC1=S. The van der Waals surface area contributed by atoms with Crippen molar-refractivity contribution in [2.45, 2.75) is 32.6 Å². The molecule has 0 saturated heterocycles. The van der Waals surface area contributed by atoms with Crippen LogP contribution in [0.25, 0.3) is 5.57 Å². The van der Waals surface area contributed by atoms with E-state index in [1.54, 1.807) is 6.08 Å². The van der Waals surface area contributed by atoms with Crippen LogP contribution >= 0.6 is 23.8 Å². The fourth-order valence-electron chi connectivity index (χ4n) is 2.87. The summed E-state index contributed by atoms with van der Waals surface area (Å²) < 4.78 is 4.87. The van der Waals surface area contributed by atoms with Gasteiger partial charge in [-0.1, -0.05) is 50.3 Å². The van der Waals surface area contributed by atoms with Gasteiger partial charge in [-0.05, 0) is 23.1 Å². The molecule has 25 heavy (non-hydrogen) atoms. The Morgan fingerprint density at radius 2 is 2.12 bits per heavy atom. The summed E-state index contributed by atoms with van der Waals surface area (Å²) in [6.07, 6.45) is 2.58. The van der Waals surface area contributed by atoms with Crippen molar-refractivity contribution in [3.63, 3.8) is 0 Å². The fraction of sp³-hybridized carbons (Fsp3) is 0.333. The molecule has 1 unspecified atom stereocenters. The van der Waals surface area contributed by atoms with Gasteiger partial charge in [-0.3, -0.25) is 10.1 Å². The van der Waals surface area contributed by atoms with E-state index in [2.05, 4.69) is 0 Å². The number of halogens is 1. The Labute approximate surface area is 156 Å². The number of nitrogens with zero attached hydrogens (tertiary/aromatic N) is 1. The van der Waals surface area contributed by atoms with Crippen LogP contribution < -0.4 is 0 Å². The summed E-state index contributed by atoms with van der Waals surface area (Å²) in [6.45, 7) is 3.90. The van der Waals surface area contributed by atoms with E-state index in [0.29, 0.717) is 18.4 Å². The lowest BCUT2D eigenvalue weighted by Crippen LogP contribution is -2.15. The Morgan fingerprint density at radius 3 is 2.72 bits per heavy atom. The highest BCUT2D eigenvalue weighted by Gasteiger charge is 2.28. The average molecular weight is 380 g/mol. The first kappa shape index (κ1) is 19.3. The monoisotopic (exact) mass is 379 g/mol. The zero-order valence-electron chi connectivity index (χ0n) is 14.0. The Balaban J connectivity index is 2.52. The minimum absolute atomic E-state index is 0.0689. The second kappa shape index (κ2) is 8.36. The minimum Gasteiger partial charge on any atom is -0.453 e. The van der Waals surface area contributed by atoms with Crippen LogP contribution in [-0.4, -0.2) is 21.8 Å². The Hall–Kier alpha value is -2.05. The molecule has 0 saturated carbocycles. The topological polar surface area (TPSA) is 69.4 Å². The molecule has 5 nitrogen and oxygen atoms in total. The van der Waals surface area contributed by atoms with Gasteiger partial charge in [0, 0.05) is 40.5 Å². The van der Waals surface area contributed by atoms with Crippen molar-refractivity contribution in [2.24, 2.45) is 0 Å². The second-order valence-corrected chi connectivity index (χ2v) is 6.58. The fourth-order valence-corrected chi connectivity index (χ4v) is 3.29. The summed E-state index contributed by atoms with van der Waals surface area (Å²) in [7, 11) is 0. The lowest BCUT2D eigenvalue weighted by molar-refractivity contribution is -0.418. The van der Waals surface area contributed by atoms with E-state index in [-0.39, 0.29) is 23.1 Å². The first-order valence-corrected chi connectivity index (χ1v) is 8.66. The number of nitro groups is 1. The zero-order valence-corrected chi connectivity index (χ0v) is 15.5. The molecule has 0 spiro atoms. The van der Waals surface area contributed by atoms with Gasteiger partial charge < -0.3 is 4.74 Å². The predicted molar refractivity (Wildman–Crippen MR) is 102 cm³/mol. The number of hydrogen-bond acceptors (Lipinski definition) is 5. The van der Waals surface area contributed by atoms with Gasteiger partial charge >= 0.3 is 5.43 Å². The van der Waals surface area contributed by atoms with Gasteiger partial charge in [-0.15, -0.1) is 0 Å². The summed E-state index contributed by atoms with van der Waals surface area (Å²) in [4.78, 5) is 22.8. The van der Waals surface area contributed by atoms with E-state index >= 15 is 0 Å². The van der Waals surface area contributed by atoms with E-state index in [1.165, 1.54) is 0 Å². The second-order valence-electron chi connectivity index (χ2n) is 5.78. The van der Waals surface area contributed by atoms with Gasteiger partial charge in [-0.25, -0.2) is 4.79 Å². The van der Waals surface area contributed by atoms with E-state index in [1.807, 2.05) is 38.1 Å². The largest absolute Gasteiger partial charge is 0.453 e. The van der Waals surface area contributed by atoms with E-state index in [0.717, 1.165) is 21.6 Å². The van der Waals surface area contributed by atoms with Crippen molar-refractivity contribution < 1.29 is 14.5 Å². The van der Waals surface area contributed by atoms with Gasteiger partial charge in [0.15, 0.2) is 0 Å². The average Bonchev–Trinajstić information content (AvgIpc) is 2.59. The van der Waals surface area contributed by atoms with Gasteiger partial charge in [-0.2, -0.15) is 0 Å². The molecular formula is C18H18ClNO4S. The minimum atomic E-state index is -0.871. The third-order valence-electron chi connectivity index (χ3n) is 4.16. The van der Waals surface area contributed by atoms with Crippen LogP contribution in [0.3, 0.4) is 0 Å². The Morgan fingerprint density at radius 1 is 1.44 bits per heavy atom. The molecule has 7 heteroatoms. The number of thiocarbonyl (C=S) groups is 1. The Kier molecular flexibility index (Phi) is 6.45. The maximum absolute atomic E-state index is 11.6. The van der Waals surface area contributed by atoms with E-state index in [4.69, 9.17) is 28.6 Å². The molecule has 1 atom stereocenters. The number of ether oxygens (including phenoxy) is 1. The summed E-state index contributed by atoms with van der Waals surface area (Å²) in [5.74, 6) is -0.162. The summed E-state index contributed by atoms with van der Waals surface area (Å²) in [6, 6.07) is 7.37. The number of benzene rings is 1. The quantitative estimate of drug-likeness (QED) is 0.291. The van der Waals surface area contributed by atoms with Gasteiger partial charge in [0.25, 0.3) is 5.70 Å². The summed E-state index contributed by atoms with van der Waals surface area (Å²) in [5, 5.41) is 11.6. The number of rotatable bonds is 6. The molecule has 1 aromatic rings. The van der Waals surface area contributed by atoms with Crippen LogP contribution in [0.1, 0.15) is 43.7 Å². The molecule has 0 aliphatic heterocycles. The highest BCUT2D eigenvalue weighted by molar-refractivity contribution is 7.80. The standard InChI is InChI=1S/C18H18ClNO4S/c1-3-12-8-16(20(22)23)15(9-17(12)25)14-7-5-4-6-13(14)11(2)10-24-18(19)21/h4-8,11H,3,9-10H2,1-2H3. The van der Waals surface area contributed by atoms with Gasteiger partial charge in [0.2, 0.25) is 0 Å². The smallest absolute Gasteiger partial charge is 0.403 e. The molecule has 0 heterocycles. The molecular weight excluding hydrogens is 362 g/mol. The van der Waals surface area contributed by atoms with Crippen LogP contribution in [-0.2, 0) is 4.74 Å². The highest BCUT2D eigenvalue weighted by atomic mass is 35.5. The van der Waals surface area contributed by atoms with Gasteiger partial charge in [0.1, 0.15) is 0 Å². The summed E-state index contributed by atoms with van der Waals surface area (Å²) in [5.41, 5.74) is 2.22. The van der Waals surface area contributed by atoms with Crippen molar-refractivity contribution in [3.8, 4) is 0 Å². The van der Waals surface area contributed by atoms with Crippen molar-refractivity contribution in [2.75, 3.05) is 6.61 Å². The highest BCUT2D eigenvalue weighted by Crippen LogP contribution is 2.35. The number of hydrogen-bond donors (Lipinski definition) is 0. The molecule has 2 rings (SSSR count). The predicted octanol–water partition coefficient (Wildman–Crippen LogP) is 5.26. The lowest BCUT2D eigenvalue weighted by Gasteiger charge is -2.21. The van der Waals surface area contributed by atoms with Crippen molar-refractivity contribution >= 4 is 39.7 Å². The molecule has 132 valence electrons. The molecule has 0 amide bonds. The third-order valence-corrected chi connectivity index (χ3v) is 4.67. The van der Waals surface area contributed by atoms with Crippen LogP contribution in [0.5, 0.6) is 0 Å². The van der Waals surface area contributed by atoms with Crippen LogP contribution in [0.15, 0.2) is 41.6 Å². The van der Waals surface area contributed by atoms with Crippen molar-refractivity contribution in [3.05, 3.63) is 62.9 Å². The number of carbonyl (C=O) groups is 1. The maximum Gasteiger partial charge on any atom is 0.403 e.